The minimum Gasteiger partial charge on any atom is -0.404 e. The Balaban J connectivity index is 1.56. The molecule has 1 heterocycles. The van der Waals surface area contributed by atoms with Gasteiger partial charge in [0, 0.05) is 13.2 Å². The number of hydrogen-bond donors (Lipinski definition) is 1. The van der Waals surface area contributed by atoms with Gasteiger partial charge in [0.25, 0.3) is 0 Å². The summed E-state index contributed by atoms with van der Waals surface area (Å²) in [7, 11) is -4.34. The van der Waals surface area contributed by atoms with Crippen molar-refractivity contribution in [2.45, 2.75) is 123 Å². The normalized spacial score (nSPS) is 13.8. The van der Waals surface area contributed by atoms with E-state index in [1.54, 1.807) is 23.5 Å². The number of aromatic nitrogens is 1. The smallest absolute Gasteiger partial charge is 0.404 e. The molecule has 1 aromatic heterocycles. The van der Waals surface area contributed by atoms with E-state index in [4.69, 9.17) is 18.5 Å². The first-order valence-corrected chi connectivity index (χ1v) is 18.2. The van der Waals surface area contributed by atoms with Gasteiger partial charge in [-0.05, 0) is 32.4 Å². The number of nitrogens with zero attached hydrogens (tertiary/aromatic N) is 1. The fourth-order valence-electron chi connectivity index (χ4n) is 4.77. The van der Waals surface area contributed by atoms with E-state index in [-0.39, 0.29) is 6.61 Å². The minimum absolute atomic E-state index is 0.0823. The summed E-state index contributed by atoms with van der Waals surface area (Å²) in [5, 5.41) is 0. The molecule has 0 saturated heterocycles. The molecule has 2 atom stereocenters. The van der Waals surface area contributed by atoms with Crippen molar-refractivity contribution in [3.8, 4) is 5.75 Å². The zero-order valence-electron chi connectivity index (χ0n) is 25.8. The van der Waals surface area contributed by atoms with E-state index in [2.05, 4.69) is 6.92 Å². The van der Waals surface area contributed by atoms with Gasteiger partial charge in [0.05, 0.1) is 23.7 Å². The Morgan fingerprint density at radius 2 is 1.49 bits per heavy atom. The Labute approximate surface area is 253 Å². The largest absolute Gasteiger partial charge is 0.527 e. The summed E-state index contributed by atoms with van der Waals surface area (Å²) in [5.74, 6) is 0.330. The maximum Gasteiger partial charge on any atom is 0.527 e. The van der Waals surface area contributed by atoms with Crippen molar-refractivity contribution >= 4 is 19.2 Å². The van der Waals surface area contributed by atoms with Gasteiger partial charge in [-0.15, -0.1) is 0 Å². The molecule has 1 aromatic carbocycles. The lowest BCUT2D eigenvalue weighted by Crippen LogP contribution is -2.31. The number of benzene rings is 1. The topological polar surface area (TPSA) is 78.1 Å². The molecule has 2 rings (SSSR count). The number of para-hydroxylation sites is 1. The predicted octanol–water partition coefficient (Wildman–Crippen LogP) is 8.79. The van der Waals surface area contributed by atoms with Gasteiger partial charge in [-0.3, -0.25) is 9.42 Å². The van der Waals surface area contributed by atoms with Gasteiger partial charge in [0.1, 0.15) is 11.9 Å². The van der Waals surface area contributed by atoms with E-state index < -0.39 is 13.9 Å². The Kier molecular flexibility index (Phi) is 19.5. The highest BCUT2D eigenvalue weighted by Crippen LogP contribution is 2.45. The summed E-state index contributed by atoms with van der Waals surface area (Å²) in [6.45, 7) is 8.09. The molecule has 0 bridgehead atoms. The highest BCUT2D eigenvalue weighted by Gasteiger charge is 2.27. The Bertz CT molecular complexity index is 971. The molecule has 0 amide bonds. The van der Waals surface area contributed by atoms with E-state index in [1.807, 2.05) is 42.3 Å². The van der Waals surface area contributed by atoms with Gasteiger partial charge in [0.2, 0.25) is 5.51 Å². The van der Waals surface area contributed by atoms with Crippen LogP contribution in [0.15, 0.2) is 36.0 Å². The summed E-state index contributed by atoms with van der Waals surface area (Å²) in [6, 6.07) is 7.21. The zero-order valence-corrected chi connectivity index (χ0v) is 27.5. The molecule has 41 heavy (non-hydrogen) atoms. The average molecular weight is 613 g/mol. The molecule has 0 radical (unpaired) electrons. The van der Waals surface area contributed by atoms with Crippen LogP contribution in [-0.2, 0) is 25.1 Å². The van der Waals surface area contributed by atoms with Crippen molar-refractivity contribution in [3.63, 3.8) is 0 Å². The van der Waals surface area contributed by atoms with Crippen LogP contribution in [0.1, 0.15) is 114 Å². The molecule has 7 nitrogen and oxygen atoms in total. The molecule has 0 aliphatic heterocycles. The summed E-state index contributed by atoms with van der Waals surface area (Å²) >= 11 is 1.64. The molecular formula is C32H55NO6PS+. The van der Waals surface area contributed by atoms with E-state index in [0.717, 1.165) is 18.4 Å². The van der Waals surface area contributed by atoms with E-state index in [9.17, 15) is 9.46 Å². The Morgan fingerprint density at radius 3 is 2.07 bits per heavy atom. The first-order chi connectivity index (χ1) is 19.9. The lowest BCUT2D eigenvalue weighted by atomic mass is 10.0. The third kappa shape index (κ3) is 17.4. The molecular weight excluding hydrogens is 557 g/mol. The second-order valence-corrected chi connectivity index (χ2v) is 13.3. The minimum atomic E-state index is -4.34. The number of thiazole rings is 1. The quantitative estimate of drug-likeness (QED) is 0.0650. The summed E-state index contributed by atoms with van der Waals surface area (Å²) < 4.78 is 37.0. The predicted molar refractivity (Wildman–Crippen MR) is 168 cm³/mol. The Morgan fingerprint density at radius 1 is 0.878 bits per heavy atom. The van der Waals surface area contributed by atoms with Crippen LogP contribution in [0.2, 0.25) is 0 Å². The molecule has 2 unspecified atom stereocenters. The lowest BCUT2D eigenvalue weighted by Gasteiger charge is -2.20. The van der Waals surface area contributed by atoms with Gasteiger partial charge in [-0.25, -0.2) is 4.57 Å². The molecule has 0 fully saturated rings. The van der Waals surface area contributed by atoms with Gasteiger partial charge < -0.3 is 14.0 Å². The molecule has 0 aliphatic carbocycles. The van der Waals surface area contributed by atoms with E-state index in [1.165, 1.54) is 81.9 Å². The van der Waals surface area contributed by atoms with Crippen LogP contribution in [0, 0.1) is 6.92 Å². The molecule has 2 aromatic rings. The SMILES string of the molecule is CCCCCCCCCCCCCCCCOCC(COP(=O)(O)Oc1ccccc1C[n+]1csc(C)c1)OCC. The highest BCUT2D eigenvalue weighted by molar-refractivity contribution is 7.47. The highest BCUT2D eigenvalue weighted by atomic mass is 32.1. The van der Waals surface area contributed by atoms with Gasteiger partial charge >= 0.3 is 7.82 Å². The zero-order chi connectivity index (χ0) is 29.6. The van der Waals surface area contributed by atoms with Crippen molar-refractivity contribution in [2.24, 2.45) is 0 Å². The number of aryl methyl sites for hydroxylation is 1. The second-order valence-electron chi connectivity index (χ2n) is 10.8. The molecule has 1 N–H and O–H groups in total. The molecule has 0 aliphatic rings. The Hall–Kier alpha value is -1.28. The van der Waals surface area contributed by atoms with Crippen LogP contribution in [0.5, 0.6) is 5.75 Å². The van der Waals surface area contributed by atoms with Gasteiger partial charge in [-0.2, -0.15) is 4.57 Å². The fourth-order valence-corrected chi connectivity index (χ4v) is 6.24. The van der Waals surface area contributed by atoms with E-state index >= 15 is 0 Å². The molecule has 0 spiro atoms. The van der Waals surface area contributed by atoms with Crippen LogP contribution in [0.25, 0.3) is 0 Å². The maximum atomic E-state index is 12.7. The first-order valence-electron chi connectivity index (χ1n) is 15.8. The van der Waals surface area contributed by atoms with E-state index in [0.29, 0.717) is 32.1 Å². The van der Waals surface area contributed by atoms with Crippen LogP contribution in [-0.4, -0.2) is 37.4 Å². The summed E-state index contributed by atoms with van der Waals surface area (Å²) in [6.07, 6.45) is 20.1. The number of unbranched alkanes of at least 4 members (excludes halogenated alkanes) is 13. The van der Waals surface area contributed by atoms with Crippen molar-refractivity contribution in [3.05, 3.63) is 46.4 Å². The molecule has 234 valence electrons. The third-order valence-electron chi connectivity index (χ3n) is 7.03. The standard InChI is InChI=1S/C32H54NO6PS/c1-4-6-7-8-9-10-11-12-13-14-15-16-17-20-23-36-26-31(37-5-2)27-38-40(34,35)39-32-22-19-18-21-30(32)25-33-24-29(3)41-28-33/h18-19,21-22,24,28,31H,4-17,20,23,25-27H2,1-3H3/p+1. The summed E-state index contributed by atoms with van der Waals surface area (Å²) in [5.41, 5.74) is 2.80. The maximum absolute atomic E-state index is 12.7. The van der Waals surface area contributed by atoms with Crippen LogP contribution in [0.3, 0.4) is 0 Å². The number of phosphoric acid groups is 1. The first kappa shape index (κ1) is 35.9. The van der Waals surface area contributed by atoms with Gasteiger partial charge in [0.15, 0.2) is 12.7 Å². The van der Waals surface area contributed by atoms with Crippen molar-refractivity contribution in [2.75, 3.05) is 26.4 Å². The van der Waals surface area contributed by atoms with Crippen LogP contribution < -0.4 is 9.09 Å². The number of rotatable bonds is 26. The monoisotopic (exact) mass is 612 g/mol. The fraction of sp³-hybridized carbons (Fsp3) is 0.719. The molecule has 0 saturated carbocycles. The second kappa shape index (κ2) is 22.3. The number of phosphoric ester groups is 1. The number of hydrogen-bond acceptors (Lipinski definition) is 6. The van der Waals surface area contributed by atoms with Crippen molar-refractivity contribution in [1.29, 1.82) is 0 Å². The average Bonchev–Trinajstić information content (AvgIpc) is 3.36. The van der Waals surface area contributed by atoms with Crippen molar-refractivity contribution < 1.29 is 32.5 Å². The van der Waals surface area contributed by atoms with Crippen LogP contribution in [0.4, 0.5) is 0 Å². The van der Waals surface area contributed by atoms with Crippen molar-refractivity contribution in [1.82, 2.24) is 0 Å². The van der Waals surface area contributed by atoms with Gasteiger partial charge in [-0.1, -0.05) is 114 Å². The van der Waals surface area contributed by atoms with Crippen LogP contribution >= 0.6 is 19.2 Å². The summed E-state index contributed by atoms with van der Waals surface area (Å²) in [4.78, 5) is 11.6. The lowest BCUT2D eigenvalue weighted by molar-refractivity contribution is -0.683. The third-order valence-corrected chi connectivity index (χ3v) is 8.79. The number of ether oxygens (including phenoxy) is 2. The molecule has 9 heteroatoms.